The van der Waals surface area contributed by atoms with Gasteiger partial charge < -0.3 is 4.90 Å². The summed E-state index contributed by atoms with van der Waals surface area (Å²) in [5.41, 5.74) is 0.285. The van der Waals surface area contributed by atoms with Gasteiger partial charge in [-0.2, -0.15) is 0 Å². The highest BCUT2D eigenvalue weighted by Gasteiger charge is 2.07. The molecule has 3 nitrogen and oxygen atoms in total. The van der Waals surface area contributed by atoms with E-state index in [2.05, 4.69) is 4.98 Å². The number of hydrogen-bond acceptors (Lipinski definition) is 3. The Labute approximate surface area is 88.0 Å². The summed E-state index contributed by atoms with van der Waals surface area (Å²) in [6, 6.07) is 3.33. The van der Waals surface area contributed by atoms with Crippen LogP contribution in [0.3, 0.4) is 0 Å². The highest BCUT2D eigenvalue weighted by Crippen LogP contribution is 2.12. The van der Waals surface area contributed by atoms with Crippen LogP contribution in [0.5, 0.6) is 0 Å². The molecule has 0 aliphatic heterocycles. The van der Waals surface area contributed by atoms with Crippen molar-refractivity contribution in [2.45, 2.75) is 0 Å². The first-order valence-electron chi connectivity index (χ1n) is 4.10. The van der Waals surface area contributed by atoms with Crippen LogP contribution >= 0.6 is 11.6 Å². The number of aromatic nitrogens is 1. The number of nitrogens with zero attached hydrogens (tertiary/aromatic N) is 2. The molecule has 0 radical (unpaired) electrons. The number of ketones is 1. The molecule has 0 N–H and O–H groups in total. The van der Waals surface area contributed by atoms with Crippen LogP contribution in [0, 0.1) is 0 Å². The number of halogens is 1. The van der Waals surface area contributed by atoms with E-state index in [-0.39, 0.29) is 11.5 Å². The van der Waals surface area contributed by atoms with Crippen molar-refractivity contribution in [2.75, 3.05) is 14.1 Å². The molecule has 1 rings (SSSR count). The zero-order valence-corrected chi connectivity index (χ0v) is 8.82. The molecule has 0 aliphatic carbocycles. The van der Waals surface area contributed by atoms with Crippen LogP contribution in [0.4, 0.5) is 0 Å². The second-order valence-corrected chi connectivity index (χ2v) is 3.38. The summed E-state index contributed by atoms with van der Waals surface area (Å²) in [4.78, 5) is 17.2. The molecule has 4 heteroatoms. The summed E-state index contributed by atoms with van der Waals surface area (Å²) in [6.45, 7) is 0. The van der Waals surface area contributed by atoms with Crippen molar-refractivity contribution in [3.63, 3.8) is 0 Å². The van der Waals surface area contributed by atoms with Gasteiger partial charge in [0.15, 0.2) is 0 Å². The Morgan fingerprint density at radius 1 is 1.57 bits per heavy atom. The molecule has 14 heavy (non-hydrogen) atoms. The average molecular weight is 211 g/mol. The van der Waals surface area contributed by atoms with Gasteiger partial charge in [0.05, 0.1) is 5.02 Å². The van der Waals surface area contributed by atoms with Crippen molar-refractivity contribution in [1.29, 1.82) is 0 Å². The number of pyridine rings is 1. The zero-order chi connectivity index (χ0) is 10.6. The van der Waals surface area contributed by atoms with Crippen molar-refractivity contribution < 1.29 is 4.79 Å². The van der Waals surface area contributed by atoms with Crippen LogP contribution in [0.25, 0.3) is 0 Å². The van der Waals surface area contributed by atoms with E-state index < -0.39 is 0 Å². The topological polar surface area (TPSA) is 33.2 Å². The Kier molecular flexibility index (Phi) is 3.65. The maximum Gasteiger partial charge on any atom is 0.207 e. The van der Waals surface area contributed by atoms with Gasteiger partial charge in [-0.25, -0.2) is 0 Å². The summed E-state index contributed by atoms with van der Waals surface area (Å²) in [6.07, 6.45) is 4.64. The van der Waals surface area contributed by atoms with Crippen molar-refractivity contribution in [2.24, 2.45) is 0 Å². The summed E-state index contributed by atoms with van der Waals surface area (Å²) < 4.78 is 0. The van der Waals surface area contributed by atoms with E-state index in [1.807, 2.05) is 14.1 Å². The fourth-order valence-electron chi connectivity index (χ4n) is 0.863. The molecule has 0 spiro atoms. The minimum atomic E-state index is -0.190. The second-order valence-electron chi connectivity index (χ2n) is 2.98. The normalized spacial score (nSPS) is 10.5. The summed E-state index contributed by atoms with van der Waals surface area (Å²) >= 11 is 5.80. The Bertz CT molecular complexity index is 361. The lowest BCUT2D eigenvalue weighted by Crippen LogP contribution is -2.04. The molecule has 1 heterocycles. The number of carbonyl (C=O) groups excluding carboxylic acids is 1. The third kappa shape index (κ3) is 2.85. The minimum absolute atomic E-state index is 0.190. The van der Waals surface area contributed by atoms with Crippen LogP contribution in [0.15, 0.2) is 30.6 Å². The minimum Gasteiger partial charge on any atom is -0.383 e. The van der Waals surface area contributed by atoms with Gasteiger partial charge >= 0.3 is 0 Å². The van der Waals surface area contributed by atoms with Crippen molar-refractivity contribution in [1.82, 2.24) is 9.88 Å². The van der Waals surface area contributed by atoms with Crippen molar-refractivity contribution >= 4 is 17.4 Å². The van der Waals surface area contributed by atoms with E-state index >= 15 is 0 Å². The molecule has 0 aliphatic rings. The lowest BCUT2D eigenvalue weighted by atomic mass is 10.2. The van der Waals surface area contributed by atoms with Crippen LogP contribution in [-0.2, 0) is 0 Å². The van der Waals surface area contributed by atoms with E-state index in [0.717, 1.165) is 0 Å². The number of hydrogen-bond donors (Lipinski definition) is 0. The molecule has 0 saturated heterocycles. The number of allylic oxidation sites excluding steroid dienone is 1. The van der Waals surface area contributed by atoms with Gasteiger partial charge in [0, 0.05) is 32.6 Å². The van der Waals surface area contributed by atoms with Crippen LogP contribution in [0.2, 0.25) is 5.02 Å². The van der Waals surface area contributed by atoms with Crippen LogP contribution in [-0.4, -0.2) is 29.8 Å². The molecule has 0 fully saturated rings. The molecule has 0 amide bonds. The molecular weight excluding hydrogens is 200 g/mol. The van der Waals surface area contributed by atoms with Gasteiger partial charge in [-0.05, 0) is 12.1 Å². The number of rotatable bonds is 3. The van der Waals surface area contributed by atoms with Crippen molar-refractivity contribution in [3.05, 3.63) is 41.3 Å². The predicted octanol–water partition coefficient (Wildman–Crippen LogP) is 1.99. The Morgan fingerprint density at radius 3 is 2.86 bits per heavy atom. The zero-order valence-electron chi connectivity index (χ0n) is 8.07. The van der Waals surface area contributed by atoms with Gasteiger partial charge in [-0.1, -0.05) is 11.6 Å². The summed E-state index contributed by atoms with van der Waals surface area (Å²) in [5.74, 6) is -0.190. The first kappa shape index (κ1) is 10.7. The lowest BCUT2D eigenvalue weighted by Gasteiger charge is -2.02. The maximum absolute atomic E-state index is 11.5. The van der Waals surface area contributed by atoms with Gasteiger partial charge in [0.25, 0.3) is 0 Å². The molecular formula is C10H11ClN2O. The first-order valence-corrected chi connectivity index (χ1v) is 4.48. The van der Waals surface area contributed by atoms with E-state index in [4.69, 9.17) is 11.6 Å². The second kappa shape index (κ2) is 4.77. The highest BCUT2D eigenvalue weighted by molar-refractivity contribution is 6.34. The Balaban J connectivity index is 2.85. The molecule has 0 bridgehead atoms. The molecule has 1 aromatic heterocycles. The average Bonchev–Trinajstić information content (AvgIpc) is 2.15. The van der Waals surface area contributed by atoms with E-state index in [9.17, 15) is 4.79 Å². The fourth-order valence-corrected chi connectivity index (χ4v) is 1.08. The largest absolute Gasteiger partial charge is 0.383 e. The number of carbonyl (C=O) groups is 1. The summed E-state index contributed by atoms with van der Waals surface area (Å²) in [7, 11) is 3.67. The fraction of sp³-hybridized carbons (Fsp3) is 0.200. The Hall–Kier alpha value is -1.35. The molecule has 74 valence electrons. The summed E-state index contributed by atoms with van der Waals surface area (Å²) in [5, 5.41) is 0.376. The van der Waals surface area contributed by atoms with Gasteiger partial charge in [0.2, 0.25) is 5.78 Å². The maximum atomic E-state index is 11.5. The van der Waals surface area contributed by atoms with Gasteiger partial charge in [0.1, 0.15) is 5.69 Å². The molecule has 0 saturated carbocycles. The van der Waals surface area contributed by atoms with E-state index in [1.165, 1.54) is 6.08 Å². The molecule has 0 atom stereocenters. The van der Waals surface area contributed by atoms with Crippen LogP contribution < -0.4 is 0 Å². The molecule has 1 aromatic rings. The lowest BCUT2D eigenvalue weighted by molar-refractivity contribution is 0.104. The smallest absolute Gasteiger partial charge is 0.207 e. The van der Waals surface area contributed by atoms with E-state index in [0.29, 0.717) is 5.02 Å². The first-order chi connectivity index (χ1) is 6.61. The predicted molar refractivity (Wildman–Crippen MR) is 56.4 cm³/mol. The van der Waals surface area contributed by atoms with Crippen molar-refractivity contribution in [3.8, 4) is 0 Å². The third-order valence-corrected chi connectivity index (χ3v) is 1.82. The standard InChI is InChI=1S/C10H11ClN2O/c1-13(2)7-5-9(14)10-8(11)4-3-6-12-10/h3-7H,1-2H3/b7-5-. The third-order valence-electron chi connectivity index (χ3n) is 1.52. The monoisotopic (exact) mass is 210 g/mol. The Morgan fingerprint density at radius 2 is 2.29 bits per heavy atom. The van der Waals surface area contributed by atoms with Gasteiger partial charge in [-0.15, -0.1) is 0 Å². The van der Waals surface area contributed by atoms with E-state index in [1.54, 1.807) is 29.4 Å². The highest BCUT2D eigenvalue weighted by atomic mass is 35.5. The van der Waals surface area contributed by atoms with Crippen LogP contribution in [0.1, 0.15) is 10.5 Å². The van der Waals surface area contributed by atoms with Gasteiger partial charge in [-0.3, -0.25) is 9.78 Å². The quantitative estimate of drug-likeness (QED) is 0.565. The molecule has 0 aromatic carbocycles. The SMILES string of the molecule is CN(C)/C=C\C(=O)c1ncccc1Cl. The molecule has 0 unspecified atom stereocenters.